The van der Waals surface area contributed by atoms with Crippen LogP contribution < -0.4 is 10.0 Å². The van der Waals surface area contributed by atoms with E-state index < -0.39 is 19.5 Å². The molecule has 2 aromatic rings. The molecule has 1 saturated heterocycles. The van der Waals surface area contributed by atoms with Gasteiger partial charge in [-0.15, -0.1) is 6.58 Å². The first kappa shape index (κ1) is 19.4. The Balaban J connectivity index is 1.86. The van der Waals surface area contributed by atoms with E-state index in [-0.39, 0.29) is 6.42 Å². The summed E-state index contributed by atoms with van der Waals surface area (Å²) in [6.45, 7) is 4.34. The summed E-state index contributed by atoms with van der Waals surface area (Å²) in [5.41, 5.74) is 0. The predicted octanol–water partition coefficient (Wildman–Crippen LogP) is 4.05. The molecular weight excluding hydrogens is 365 g/mol. The Morgan fingerprint density at radius 3 is 2.52 bits per heavy atom. The number of hydrogen-bond acceptors (Lipinski definition) is 4. The summed E-state index contributed by atoms with van der Waals surface area (Å²) in [6.07, 6.45) is 2.34. The molecule has 1 fully saturated rings. The number of carboxylic acid groups (broad SMARTS) is 1. The molecule has 2 unspecified atom stereocenters. The molecule has 0 bridgehead atoms. The van der Waals surface area contributed by atoms with Gasteiger partial charge in [0.05, 0.1) is 11.9 Å². The molecule has 1 aliphatic heterocycles. The van der Waals surface area contributed by atoms with Gasteiger partial charge < -0.3 is 14.4 Å². The Bertz CT molecular complexity index is 837. The molecule has 0 amide bonds. The molecule has 6 nitrogen and oxygen atoms in total. The van der Waals surface area contributed by atoms with Gasteiger partial charge in [0.15, 0.2) is 0 Å². The van der Waals surface area contributed by atoms with Gasteiger partial charge in [0.25, 0.3) is 0 Å². The average molecular weight is 387 g/mol. The van der Waals surface area contributed by atoms with E-state index in [9.17, 15) is 14.5 Å². The summed E-state index contributed by atoms with van der Waals surface area (Å²) in [5.74, 6) is 0.259. The van der Waals surface area contributed by atoms with Crippen molar-refractivity contribution in [1.29, 1.82) is 0 Å². The van der Waals surface area contributed by atoms with E-state index in [0.29, 0.717) is 36.4 Å². The molecule has 142 valence electrons. The van der Waals surface area contributed by atoms with Gasteiger partial charge in [-0.3, -0.25) is 9.36 Å². The summed E-state index contributed by atoms with van der Waals surface area (Å²) in [4.78, 5) is 11.7. The summed E-state index contributed by atoms with van der Waals surface area (Å²) in [6, 6.07) is 15.2. The fourth-order valence-corrected chi connectivity index (χ4v) is 5.48. The number of benzene rings is 2. The second-order valence-electron chi connectivity index (χ2n) is 6.16. The summed E-state index contributed by atoms with van der Waals surface area (Å²) >= 11 is 0. The lowest BCUT2D eigenvalue weighted by atomic mass is 10.2. The van der Waals surface area contributed by atoms with Crippen LogP contribution in [0.1, 0.15) is 12.8 Å². The molecule has 2 aromatic carbocycles. The van der Waals surface area contributed by atoms with Gasteiger partial charge in [-0.2, -0.15) is 0 Å². The maximum Gasteiger partial charge on any atom is 0.321 e. The Labute approximate surface area is 158 Å². The molecule has 27 heavy (non-hydrogen) atoms. The predicted molar refractivity (Wildman–Crippen MR) is 104 cm³/mol. The molecule has 0 aromatic heterocycles. The summed E-state index contributed by atoms with van der Waals surface area (Å²) in [7, 11) is -3.47. The molecule has 0 radical (unpaired) electrons. The number of carboxylic acids is 1. The number of ether oxygens (including phenoxy) is 1. The molecular formula is C20H22NO5P. The number of para-hydroxylation sites is 1. The highest BCUT2D eigenvalue weighted by molar-refractivity contribution is 7.64. The van der Waals surface area contributed by atoms with Crippen molar-refractivity contribution >= 4 is 18.8 Å². The molecule has 3 rings (SSSR count). The van der Waals surface area contributed by atoms with Gasteiger partial charge in [-0.1, -0.05) is 24.3 Å². The molecule has 1 aliphatic rings. The molecule has 2 atom stereocenters. The lowest BCUT2D eigenvalue weighted by Gasteiger charge is -2.38. The van der Waals surface area contributed by atoms with E-state index in [1.807, 2.05) is 30.3 Å². The van der Waals surface area contributed by atoms with Crippen LogP contribution in [0.2, 0.25) is 0 Å². The maximum absolute atomic E-state index is 13.6. The zero-order valence-electron chi connectivity index (χ0n) is 14.9. The SMILES string of the molecule is C=CCC(C(=O)O)N1CCCOP1(=O)c1ccc(Oc2ccccc2)cc1. The highest BCUT2D eigenvalue weighted by Crippen LogP contribution is 2.53. The van der Waals surface area contributed by atoms with E-state index in [2.05, 4.69) is 6.58 Å². The first-order chi connectivity index (χ1) is 13.0. The van der Waals surface area contributed by atoms with Gasteiger partial charge in [0, 0.05) is 6.54 Å². The number of carbonyl (C=O) groups is 1. The topological polar surface area (TPSA) is 76.1 Å². The quantitative estimate of drug-likeness (QED) is 0.571. The third-order valence-electron chi connectivity index (χ3n) is 4.31. The minimum absolute atomic E-state index is 0.192. The van der Waals surface area contributed by atoms with Crippen molar-refractivity contribution in [2.45, 2.75) is 18.9 Å². The van der Waals surface area contributed by atoms with Crippen LogP contribution in [0.4, 0.5) is 0 Å². The molecule has 0 spiro atoms. The first-order valence-electron chi connectivity index (χ1n) is 8.73. The normalized spacial score (nSPS) is 21.3. The van der Waals surface area contributed by atoms with Crippen LogP contribution in [0.3, 0.4) is 0 Å². The van der Waals surface area contributed by atoms with E-state index >= 15 is 0 Å². The van der Waals surface area contributed by atoms with Crippen molar-refractivity contribution in [2.24, 2.45) is 0 Å². The van der Waals surface area contributed by atoms with E-state index in [1.165, 1.54) is 10.7 Å². The van der Waals surface area contributed by atoms with Gasteiger partial charge in [-0.05, 0) is 49.2 Å². The molecule has 1 heterocycles. The van der Waals surface area contributed by atoms with Crippen molar-refractivity contribution in [3.8, 4) is 11.5 Å². The van der Waals surface area contributed by atoms with Crippen molar-refractivity contribution in [2.75, 3.05) is 13.2 Å². The average Bonchev–Trinajstić information content (AvgIpc) is 2.68. The van der Waals surface area contributed by atoms with Crippen molar-refractivity contribution in [1.82, 2.24) is 4.67 Å². The van der Waals surface area contributed by atoms with Gasteiger partial charge in [0.1, 0.15) is 17.5 Å². The fourth-order valence-electron chi connectivity index (χ4n) is 3.02. The zero-order valence-corrected chi connectivity index (χ0v) is 15.8. The van der Waals surface area contributed by atoms with Crippen molar-refractivity contribution < 1.29 is 23.7 Å². The van der Waals surface area contributed by atoms with Crippen LogP contribution in [0, 0.1) is 0 Å². The molecule has 7 heteroatoms. The van der Waals surface area contributed by atoms with E-state index in [0.717, 1.165) is 0 Å². The fraction of sp³-hybridized carbons (Fsp3) is 0.250. The number of nitrogens with zero attached hydrogens (tertiary/aromatic N) is 1. The van der Waals surface area contributed by atoms with Gasteiger partial charge >= 0.3 is 13.5 Å². The molecule has 1 N–H and O–H groups in total. The standard InChI is InChI=1S/C20H22NO5P/c1-2-7-19(20(22)23)21-14-6-15-25-27(21,24)18-12-10-17(11-13-18)26-16-8-4-3-5-9-16/h2-5,8-13,19H,1,6-7,14-15H2,(H,22,23). The maximum atomic E-state index is 13.6. The third kappa shape index (κ3) is 4.30. The Morgan fingerprint density at radius 2 is 1.89 bits per heavy atom. The smallest absolute Gasteiger partial charge is 0.321 e. The van der Waals surface area contributed by atoms with E-state index in [1.54, 1.807) is 24.3 Å². The first-order valence-corrected chi connectivity index (χ1v) is 10.3. The van der Waals surface area contributed by atoms with Crippen LogP contribution in [0.25, 0.3) is 0 Å². The number of hydrogen-bond donors (Lipinski definition) is 1. The Morgan fingerprint density at radius 1 is 1.22 bits per heavy atom. The third-order valence-corrected chi connectivity index (χ3v) is 6.95. The van der Waals surface area contributed by atoms with Crippen molar-refractivity contribution in [3.05, 3.63) is 67.3 Å². The van der Waals surface area contributed by atoms with Crippen LogP contribution in [-0.2, 0) is 13.9 Å². The highest BCUT2D eigenvalue weighted by atomic mass is 31.2. The number of aliphatic carboxylic acids is 1. The van der Waals surface area contributed by atoms with Gasteiger partial charge in [-0.25, -0.2) is 4.67 Å². The molecule has 0 saturated carbocycles. The van der Waals surface area contributed by atoms with Crippen LogP contribution in [0.5, 0.6) is 11.5 Å². The van der Waals surface area contributed by atoms with Gasteiger partial charge in [0.2, 0.25) is 0 Å². The zero-order chi connectivity index (χ0) is 19.3. The lowest BCUT2D eigenvalue weighted by Crippen LogP contribution is -2.44. The Hall–Kier alpha value is -2.40. The Kier molecular flexibility index (Phi) is 6.11. The largest absolute Gasteiger partial charge is 0.480 e. The van der Waals surface area contributed by atoms with Crippen molar-refractivity contribution in [3.63, 3.8) is 0 Å². The van der Waals surface area contributed by atoms with E-state index in [4.69, 9.17) is 9.26 Å². The number of rotatable bonds is 7. The lowest BCUT2D eigenvalue weighted by molar-refractivity contribution is -0.141. The highest BCUT2D eigenvalue weighted by Gasteiger charge is 2.43. The van der Waals surface area contributed by atoms with Crippen LogP contribution in [-0.4, -0.2) is 34.9 Å². The molecule has 0 aliphatic carbocycles. The minimum Gasteiger partial charge on any atom is -0.480 e. The summed E-state index contributed by atoms with van der Waals surface area (Å²) < 4.78 is 26.5. The second kappa shape index (κ2) is 8.53. The minimum atomic E-state index is -3.47. The van der Waals surface area contributed by atoms with Crippen LogP contribution in [0.15, 0.2) is 67.3 Å². The van der Waals surface area contributed by atoms with Crippen LogP contribution >= 0.6 is 7.52 Å². The summed E-state index contributed by atoms with van der Waals surface area (Å²) in [5, 5.41) is 10.0. The second-order valence-corrected chi connectivity index (χ2v) is 8.49. The monoisotopic (exact) mass is 387 g/mol.